The molecule has 32 heavy (non-hydrogen) atoms. The van der Waals surface area contributed by atoms with Crippen LogP contribution in [0.3, 0.4) is 0 Å². The van der Waals surface area contributed by atoms with Crippen LogP contribution in [0, 0.1) is 6.92 Å². The van der Waals surface area contributed by atoms with Gasteiger partial charge in [-0.25, -0.2) is 8.42 Å². The molecular weight excluding hydrogens is 430 g/mol. The zero-order valence-corrected chi connectivity index (χ0v) is 19.2. The van der Waals surface area contributed by atoms with Crippen LogP contribution >= 0.6 is 0 Å². The first kappa shape index (κ1) is 23.7. The molecule has 0 radical (unpaired) electrons. The highest BCUT2D eigenvalue weighted by Gasteiger charge is 2.34. The number of nitrogens with one attached hydrogen (secondary N) is 2. The van der Waals surface area contributed by atoms with Crippen molar-refractivity contribution in [3.8, 4) is 0 Å². The Balaban J connectivity index is 1.65. The van der Waals surface area contributed by atoms with Gasteiger partial charge in [0.2, 0.25) is 5.91 Å². The maximum atomic E-state index is 13.0. The van der Waals surface area contributed by atoms with Crippen LogP contribution in [0.5, 0.6) is 0 Å². The number of ether oxygens (including phenoxy) is 1. The molecular formula is C23H29N3O5S. The molecule has 1 aliphatic rings. The molecule has 2 N–H and O–H groups in total. The van der Waals surface area contributed by atoms with E-state index in [0.717, 1.165) is 6.42 Å². The Labute approximate surface area is 189 Å². The van der Waals surface area contributed by atoms with Gasteiger partial charge in [-0.15, -0.1) is 0 Å². The quantitative estimate of drug-likeness (QED) is 0.561. The number of rotatable bonds is 9. The van der Waals surface area contributed by atoms with Gasteiger partial charge in [0.1, 0.15) is 6.04 Å². The maximum Gasteiger partial charge on any atom is 0.262 e. The van der Waals surface area contributed by atoms with Crippen molar-refractivity contribution in [1.29, 1.82) is 0 Å². The molecule has 1 atom stereocenters. The molecule has 2 aromatic carbocycles. The maximum absolute atomic E-state index is 13.0. The molecule has 0 spiro atoms. The lowest BCUT2D eigenvalue weighted by Gasteiger charge is -2.24. The molecule has 0 bridgehead atoms. The number of carbonyl (C=O) groups excluding carboxylic acids is 2. The number of amides is 2. The third-order valence-corrected chi connectivity index (χ3v) is 6.95. The number of benzene rings is 2. The van der Waals surface area contributed by atoms with Crippen molar-refractivity contribution in [3.63, 3.8) is 0 Å². The van der Waals surface area contributed by atoms with E-state index in [1.54, 1.807) is 67.5 Å². The van der Waals surface area contributed by atoms with Gasteiger partial charge in [-0.1, -0.05) is 18.2 Å². The average molecular weight is 460 g/mol. The molecule has 2 amide bonds. The van der Waals surface area contributed by atoms with Crippen LogP contribution in [0.2, 0.25) is 0 Å². The van der Waals surface area contributed by atoms with Gasteiger partial charge in [-0.3, -0.25) is 14.3 Å². The number of nitrogens with zero attached hydrogens (tertiary/aromatic N) is 1. The van der Waals surface area contributed by atoms with Crippen LogP contribution in [0.15, 0.2) is 53.4 Å². The number of hydrogen-bond donors (Lipinski definition) is 2. The Hall–Kier alpha value is -2.91. The van der Waals surface area contributed by atoms with E-state index in [1.165, 1.54) is 0 Å². The molecule has 2 aromatic rings. The Morgan fingerprint density at radius 3 is 2.53 bits per heavy atom. The first-order valence-electron chi connectivity index (χ1n) is 10.6. The fourth-order valence-electron chi connectivity index (χ4n) is 3.74. The topological polar surface area (TPSA) is 105 Å². The van der Waals surface area contributed by atoms with Crippen LogP contribution in [0.1, 0.15) is 35.2 Å². The number of methoxy groups -OCH3 is 1. The molecule has 0 saturated carbocycles. The third-order valence-electron chi connectivity index (χ3n) is 5.41. The molecule has 1 aliphatic heterocycles. The summed E-state index contributed by atoms with van der Waals surface area (Å²) in [6.45, 7) is 3.31. The fraction of sp³-hybridized carbons (Fsp3) is 0.391. The summed E-state index contributed by atoms with van der Waals surface area (Å²) in [5, 5.41) is 2.86. The van der Waals surface area contributed by atoms with E-state index in [9.17, 15) is 18.0 Å². The number of anilines is 1. The Morgan fingerprint density at radius 1 is 1.12 bits per heavy atom. The Bertz CT molecular complexity index is 1050. The Kier molecular flexibility index (Phi) is 7.87. The van der Waals surface area contributed by atoms with Crippen molar-refractivity contribution in [3.05, 3.63) is 59.7 Å². The van der Waals surface area contributed by atoms with Crippen molar-refractivity contribution in [2.45, 2.75) is 37.1 Å². The average Bonchev–Trinajstić information content (AvgIpc) is 3.26. The number of carbonyl (C=O) groups is 2. The van der Waals surface area contributed by atoms with Gasteiger partial charge in [0.25, 0.3) is 15.9 Å². The minimum atomic E-state index is -3.73. The summed E-state index contributed by atoms with van der Waals surface area (Å²) in [7, 11) is -2.12. The Morgan fingerprint density at radius 2 is 1.84 bits per heavy atom. The minimum absolute atomic E-state index is 0.158. The second-order valence-corrected chi connectivity index (χ2v) is 9.39. The molecule has 1 unspecified atom stereocenters. The summed E-state index contributed by atoms with van der Waals surface area (Å²) in [4.78, 5) is 27.3. The summed E-state index contributed by atoms with van der Waals surface area (Å²) >= 11 is 0. The summed E-state index contributed by atoms with van der Waals surface area (Å²) < 4.78 is 32.8. The van der Waals surface area contributed by atoms with E-state index in [-0.39, 0.29) is 16.7 Å². The van der Waals surface area contributed by atoms with Gasteiger partial charge in [-0.05, 0) is 62.1 Å². The number of aryl methyl sites for hydroxylation is 1. The molecule has 1 saturated heterocycles. The monoisotopic (exact) mass is 459 g/mol. The SMILES string of the molecule is COCCCNC(=O)C1CCCN1C(=O)c1ccc(NS(=O)(=O)c2ccccc2C)cc1. The lowest BCUT2D eigenvalue weighted by molar-refractivity contribution is -0.124. The van der Waals surface area contributed by atoms with Crippen LogP contribution in [-0.2, 0) is 19.6 Å². The second-order valence-electron chi connectivity index (χ2n) is 7.74. The predicted octanol–water partition coefficient (Wildman–Crippen LogP) is 2.55. The van der Waals surface area contributed by atoms with E-state index >= 15 is 0 Å². The number of hydrogen-bond acceptors (Lipinski definition) is 5. The third kappa shape index (κ3) is 5.66. The highest BCUT2D eigenvalue weighted by atomic mass is 32.2. The highest BCUT2D eigenvalue weighted by Crippen LogP contribution is 2.23. The normalized spacial score (nSPS) is 16.1. The second kappa shape index (κ2) is 10.6. The van der Waals surface area contributed by atoms with Crippen molar-refractivity contribution >= 4 is 27.5 Å². The predicted molar refractivity (Wildman–Crippen MR) is 122 cm³/mol. The summed E-state index contributed by atoms with van der Waals surface area (Å²) in [5.74, 6) is -0.401. The van der Waals surface area contributed by atoms with Crippen molar-refractivity contribution in [2.24, 2.45) is 0 Å². The number of sulfonamides is 1. The van der Waals surface area contributed by atoms with Gasteiger partial charge in [-0.2, -0.15) is 0 Å². The lowest BCUT2D eigenvalue weighted by Crippen LogP contribution is -2.46. The molecule has 3 rings (SSSR count). The summed E-state index contributed by atoms with van der Waals surface area (Å²) in [5.41, 5.74) is 1.41. The zero-order valence-electron chi connectivity index (χ0n) is 18.3. The smallest absolute Gasteiger partial charge is 0.262 e. The molecule has 172 valence electrons. The van der Waals surface area contributed by atoms with Crippen molar-refractivity contribution < 1.29 is 22.7 Å². The van der Waals surface area contributed by atoms with Gasteiger partial charge in [0, 0.05) is 38.1 Å². The van der Waals surface area contributed by atoms with Crippen LogP contribution in [0.25, 0.3) is 0 Å². The lowest BCUT2D eigenvalue weighted by atomic mass is 10.1. The molecule has 0 aliphatic carbocycles. The van der Waals surface area contributed by atoms with Gasteiger partial charge in [0.05, 0.1) is 4.90 Å². The van der Waals surface area contributed by atoms with Crippen LogP contribution in [-0.4, -0.2) is 58.0 Å². The fourth-order valence-corrected chi connectivity index (χ4v) is 5.05. The highest BCUT2D eigenvalue weighted by molar-refractivity contribution is 7.92. The number of likely N-dealkylation sites (tertiary alicyclic amines) is 1. The standard InChI is InChI=1S/C23H29N3O5S/c1-17-7-3-4-9-21(17)32(29,30)25-19-12-10-18(11-13-19)23(28)26-15-5-8-20(26)22(27)24-14-6-16-31-2/h3-4,7,9-13,20,25H,5-6,8,14-16H2,1-2H3,(H,24,27). The van der Waals surface area contributed by atoms with Crippen molar-refractivity contribution in [2.75, 3.05) is 31.5 Å². The molecule has 8 nitrogen and oxygen atoms in total. The molecule has 0 aromatic heterocycles. The van der Waals surface area contributed by atoms with E-state index in [0.29, 0.717) is 49.4 Å². The van der Waals surface area contributed by atoms with E-state index in [1.807, 2.05) is 0 Å². The zero-order chi connectivity index (χ0) is 23.1. The largest absolute Gasteiger partial charge is 0.385 e. The van der Waals surface area contributed by atoms with E-state index in [2.05, 4.69) is 10.0 Å². The van der Waals surface area contributed by atoms with Gasteiger partial charge < -0.3 is 15.0 Å². The van der Waals surface area contributed by atoms with E-state index < -0.39 is 16.1 Å². The van der Waals surface area contributed by atoms with Gasteiger partial charge in [0.15, 0.2) is 0 Å². The molecule has 9 heteroatoms. The van der Waals surface area contributed by atoms with Crippen LogP contribution in [0.4, 0.5) is 5.69 Å². The summed E-state index contributed by atoms with van der Waals surface area (Å²) in [6.07, 6.45) is 2.09. The first-order valence-corrected chi connectivity index (χ1v) is 12.1. The minimum Gasteiger partial charge on any atom is -0.385 e. The van der Waals surface area contributed by atoms with Gasteiger partial charge >= 0.3 is 0 Å². The van der Waals surface area contributed by atoms with Crippen molar-refractivity contribution in [1.82, 2.24) is 10.2 Å². The molecule has 1 heterocycles. The summed E-state index contributed by atoms with van der Waals surface area (Å²) in [6, 6.07) is 12.5. The van der Waals surface area contributed by atoms with Crippen LogP contribution < -0.4 is 10.0 Å². The molecule has 1 fully saturated rings. The van der Waals surface area contributed by atoms with E-state index in [4.69, 9.17) is 4.74 Å². The first-order chi connectivity index (χ1) is 15.3.